The van der Waals surface area contributed by atoms with Crippen molar-refractivity contribution in [1.29, 1.82) is 0 Å². The molecule has 6 nitrogen and oxygen atoms in total. The summed E-state index contributed by atoms with van der Waals surface area (Å²) in [6.45, 7) is 5.04. The highest BCUT2D eigenvalue weighted by atomic mass is 32.1. The third-order valence-corrected chi connectivity index (χ3v) is 6.06. The van der Waals surface area contributed by atoms with Crippen LogP contribution < -0.4 is 5.32 Å². The number of carbonyl (C=O) groups excluding carboxylic acids is 2. The minimum absolute atomic E-state index is 0.0652. The Morgan fingerprint density at radius 1 is 0.939 bits per heavy atom. The summed E-state index contributed by atoms with van der Waals surface area (Å²) >= 11 is 1.33. The molecule has 3 aromatic carbocycles. The van der Waals surface area contributed by atoms with Crippen molar-refractivity contribution >= 4 is 39.1 Å². The average Bonchev–Trinajstić information content (AvgIpc) is 3.29. The van der Waals surface area contributed by atoms with Crippen molar-refractivity contribution in [3.63, 3.8) is 0 Å². The van der Waals surface area contributed by atoms with Gasteiger partial charge in [0.1, 0.15) is 5.01 Å². The van der Waals surface area contributed by atoms with Crippen molar-refractivity contribution in [2.24, 2.45) is 5.92 Å². The molecule has 0 spiro atoms. The smallest absolute Gasteiger partial charge is 0.253 e. The van der Waals surface area contributed by atoms with Crippen molar-refractivity contribution in [3.05, 3.63) is 78.4 Å². The fourth-order valence-electron chi connectivity index (χ4n) is 3.61. The fourth-order valence-corrected chi connectivity index (χ4v) is 4.38. The molecule has 4 rings (SSSR count). The number of amides is 2. The summed E-state index contributed by atoms with van der Waals surface area (Å²) in [4.78, 5) is 27.6. The Hall–Kier alpha value is -3.58. The van der Waals surface area contributed by atoms with Crippen LogP contribution >= 0.6 is 11.3 Å². The van der Waals surface area contributed by atoms with Gasteiger partial charge in [0, 0.05) is 30.6 Å². The minimum Gasteiger partial charge on any atom is -0.338 e. The van der Waals surface area contributed by atoms with Crippen molar-refractivity contribution in [2.45, 2.75) is 20.3 Å². The Labute approximate surface area is 197 Å². The van der Waals surface area contributed by atoms with Crippen LogP contribution in [0.1, 0.15) is 30.6 Å². The molecule has 0 bridgehead atoms. The van der Waals surface area contributed by atoms with Gasteiger partial charge in [-0.1, -0.05) is 85.8 Å². The first-order valence-corrected chi connectivity index (χ1v) is 11.8. The van der Waals surface area contributed by atoms with Crippen LogP contribution in [0.4, 0.5) is 5.13 Å². The topological polar surface area (TPSA) is 75.2 Å². The molecular weight excluding hydrogens is 432 g/mol. The molecule has 2 amide bonds. The maximum Gasteiger partial charge on any atom is 0.253 e. The van der Waals surface area contributed by atoms with Gasteiger partial charge in [0.15, 0.2) is 0 Å². The normalized spacial score (nSPS) is 11.0. The van der Waals surface area contributed by atoms with Gasteiger partial charge in [0.2, 0.25) is 11.0 Å². The number of fused-ring (bicyclic) bond motifs is 1. The predicted octanol–water partition coefficient (Wildman–Crippen LogP) is 5.49. The Balaban J connectivity index is 1.40. The van der Waals surface area contributed by atoms with E-state index in [0.717, 1.165) is 21.3 Å². The van der Waals surface area contributed by atoms with E-state index in [1.165, 1.54) is 11.3 Å². The Morgan fingerprint density at radius 3 is 2.42 bits per heavy atom. The second-order valence-electron chi connectivity index (χ2n) is 8.28. The molecule has 0 aliphatic carbocycles. The van der Waals surface area contributed by atoms with Crippen molar-refractivity contribution in [3.8, 4) is 10.6 Å². The van der Waals surface area contributed by atoms with E-state index in [1.54, 1.807) is 4.90 Å². The largest absolute Gasteiger partial charge is 0.338 e. The SMILES string of the molecule is CC(C)CN(CCC(=O)Nc1nnc(-c2ccccc2)s1)C(=O)c1ccc2ccccc2c1. The number of rotatable bonds is 8. The van der Waals surface area contributed by atoms with Crippen LogP contribution in [0.5, 0.6) is 0 Å². The first kappa shape index (κ1) is 22.6. The van der Waals surface area contributed by atoms with E-state index in [4.69, 9.17) is 0 Å². The van der Waals surface area contributed by atoms with Gasteiger partial charge in [0.25, 0.3) is 5.91 Å². The number of aromatic nitrogens is 2. The molecule has 0 aliphatic rings. The Morgan fingerprint density at radius 2 is 1.67 bits per heavy atom. The van der Waals surface area contributed by atoms with Crippen LogP contribution in [0, 0.1) is 5.92 Å². The third kappa shape index (κ3) is 5.81. The number of benzene rings is 3. The summed E-state index contributed by atoms with van der Waals surface area (Å²) in [6, 6.07) is 23.4. The van der Waals surface area contributed by atoms with E-state index in [9.17, 15) is 9.59 Å². The summed E-state index contributed by atoms with van der Waals surface area (Å²) < 4.78 is 0. The maximum absolute atomic E-state index is 13.2. The van der Waals surface area contributed by atoms with Gasteiger partial charge in [-0.2, -0.15) is 0 Å². The highest BCUT2D eigenvalue weighted by molar-refractivity contribution is 7.18. The second-order valence-corrected chi connectivity index (χ2v) is 9.26. The fraction of sp³-hybridized carbons (Fsp3) is 0.231. The van der Waals surface area contributed by atoms with Crippen LogP contribution in [-0.4, -0.2) is 40.0 Å². The van der Waals surface area contributed by atoms with E-state index in [2.05, 4.69) is 29.4 Å². The lowest BCUT2D eigenvalue weighted by Crippen LogP contribution is -2.36. The molecule has 0 saturated heterocycles. The highest BCUT2D eigenvalue weighted by Crippen LogP contribution is 2.26. The lowest BCUT2D eigenvalue weighted by molar-refractivity contribution is -0.116. The number of hydrogen-bond donors (Lipinski definition) is 1. The maximum atomic E-state index is 13.2. The Bertz CT molecular complexity index is 1250. The van der Waals surface area contributed by atoms with Gasteiger partial charge < -0.3 is 10.2 Å². The summed E-state index contributed by atoms with van der Waals surface area (Å²) in [5, 5.41) is 14.4. The zero-order valence-electron chi connectivity index (χ0n) is 18.7. The van der Waals surface area contributed by atoms with E-state index >= 15 is 0 Å². The van der Waals surface area contributed by atoms with Gasteiger partial charge in [-0.3, -0.25) is 9.59 Å². The van der Waals surface area contributed by atoms with Crippen LogP contribution in [0.15, 0.2) is 72.8 Å². The molecule has 1 aromatic heterocycles. The molecule has 7 heteroatoms. The quantitative estimate of drug-likeness (QED) is 0.379. The summed E-state index contributed by atoms with van der Waals surface area (Å²) in [6.07, 6.45) is 0.187. The number of hydrogen-bond acceptors (Lipinski definition) is 5. The molecule has 0 saturated carbocycles. The average molecular weight is 459 g/mol. The standard InChI is InChI=1S/C26H26N4O2S/c1-18(2)17-30(25(32)22-13-12-19-8-6-7-11-21(19)16-22)15-14-23(31)27-26-29-28-24(33-26)20-9-4-3-5-10-20/h3-13,16,18H,14-15,17H2,1-2H3,(H,27,29,31). The molecule has 1 heterocycles. The molecule has 0 atom stereocenters. The predicted molar refractivity (Wildman–Crippen MR) is 133 cm³/mol. The minimum atomic E-state index is -0.189. The number of carbonyl (C=O) groups is 2. The van der Waals surface area contributed by atoms with E-state index in [-0.39, 0.29) is 24.2 Å². The van der Waals surface area contributed by atoms with Gasteiger partial charge in [-0.15, -0.1) is 10.2 Å². The molecule has 0 aliphatic heterocycles. The second kappa shape index (κ2) is 10.4. The van der Waals surface area contributed by atoms with E-state index in [1.807, 2.05) is 72.8 Å². The zero-order valence-corrected chi connectivity index (χ0v) is 19.5. The molecule has 0 radical (unpaired) electrons. The summed E-state index contributed by atoms with van der Waals surface area (Å²) in [5.41, 5.74) is 1.59. The van der Waals surface area contributed by atoms with Crippen molar-refractivity contribution in [2.75, 3.05) is 18.4 Å². The van der Waals surface area contributed by atoms with Crippen molar-refractivity contribution in [1.82, 2.24) is 15.1 Å². The van der Waals surface area contributed by atoms with Gasteiger partial charge in [0.05, 0.1) is 0 Å². The lowest BCUT2D eigenvalue weighted by atomic mass is 10.1. The number of anilines is 1. The van der Waals surface area contributed by atoms with Crippen LogP contribution in [0.25, 0.3) is 21.3 Å². The third-order valence-electron chi connectivity index (χ3n) is 5.17. The molecule has 0 unspecified atom stereocenters. The summed E-state index contributed by atoms with van der Waals surface area (Å²) in [7, 11) is 0. The molecule has 0 fully saturated rings. The first-order chi connectivity index (χ1) is 16.0. The highest BCUT2D eigenvalue weighted by Gasteiger charge is 2.19. The number of nitrogens with zero attached hydrogens (tertiary/aromatic N) is 3. The van der Waals surface area contributed by atoms with Gasteiger partial charge in [-0.25, -0.2) is 0 Å². The van der Waals surface area contributed by atoms with Gasteiger partial charge >= 0.3 is 0 Å². The molecule has 168 valence electrons. The van der Waals surface area contributed by atoms with Gasteiger partial charge in [-0.05, 0) is 28.8 Å². The molecule has 1 N–H and O–H groups in total. The number of nitrogens with one attached hydrogen (secondary N) is 1. The van der Waals surface area contributed by atoms with Crippen LogP contribution in [-0.2, 0) is 4.79 Å². The van der Waals surface area contributed by atoms with E-state index in [0.29, 0.717) is 23.8 Å². The molecule has 33 heavy (non-hydrogen) atoms. The first-order valence-electron chi connectivity index (χ1n) is 11.0. The van der Waals surface area contributed by atoms with E-state index < -0.39 is 0 Å². The Kier molecular flexibility index (Phi) is 7.10. The monoisotopic (exact) mass is 458 g/mol. The molecule has 4 aromatic rings. The van der Waals surface area contributed by atoms with Crippen LogP contribution in [0.3, 0.4) is 0 Å². The summed E-state index contributed by atoms with van der Waals surface area (Å²) in [5.74, 6) is 0.0319. The molecular formula is C26H26N4O2S. The lowest BCUT2D eigenvalue weighted by Gasteiger charge is -2.24. The van der Waals surface area contributed by atoms with Crippen molar-refractivity contribution < 1.29 is 9.59 Å². The zero-order chi connectivity index (χ0) is 23.2. The van der Waals surface area contributed by atoms with Crippen LogP contribution in [0.2, 0.25) is 0 Å².